The molecule has 0 spiro atoms. The highest BCUT2D eigenvalue weighted by molar-refractivity contribution is 5.79. The van der Waals surface area contributed by atoms with E-state index in [1.54, 1.807) is 14.2 Å². The number of methoxy groups -OCH3 is 2. The van der Waals surface area contributed by atoms with E-state index in [2.05, 4.69) is 38.2 Å². The van der Waals surface area contributed by atoms with Crippen molar-refractivity contribution in [3.05, 3.63) is 59.2 Å². The Bertz CT molecular complexity index is 725. The lowest BCUT2D eigenvalue weighted by Crippen LogP contribution is -2.33. The molecule has 0 radical (unpaired) electrons. The third kappa shape index (κ3) is 4.75. The van der Waals surface area contributed by atoms with E-state index >= 15 is 0 Å². The number of carbonyl (C=O) groups is 1. The Morgan fingerprint density at radius 1 is 1.04 bits per heavy atom. The predicted molar refractivity (Wildman–Crippen MR) is 100 cm³/mol. The van der Waals surface area contributed by atoms with Gasteiger partial charge in [-0.1, -0.05) is 44.2 Å². The van der Waals surface area contributed by atoms with Crippen molar-refractivity contribution in [2.75, 3.05) is 14.2 Å². The number of hydrogen-bond donors (Lipinski definition) is 1. The zero-order valence-electron chi connectivity index (χ0n) is 15.6. The lowest BCUT2D eigenvalue weighted by molar-refractivity contribution is -0.121. The van der Waals surface area contributed by atoms with Crippen LogP contribution in [0.5, 0.6) is 11.5 Å². The number of ether oxygens (including phenoxy) is 2. The maximum atomic E-state index is 12.6. The summed E-state index contributed by atoms with van der Waals surface area (Å²) in [5.41, 5.74) is 3.24. The summed E-state index contributed by atoms with van der Waals surface area (Å²) in [5, 5.41) is 3.18. The normalized spacial score (nSPS) is 11.9. The zero-order chi connectivity index (χ0) is 18.4. The van der Waals surface area contributed by atoms with E-state index in [0.29, 0.717) is 23.8 Å². The molecule has 0 bridgehead atoms. The first-order chi connectivity index (χ1) is 12.0. The second-order valence-electron chi connectivity index (χ2n) is 6.51. The number of carbonyl (C=O) groups excluding carboxylic acids is 1. The fourth-order valence-electron chi connectivity index (χ4n) is 2.94. The van der Waals surface area contributed by atoms with Gasteiger partial charge in [0.15, 0.2) is 11.5 Å². The van der Waals surface area contributed by atoms with Gasteiger partial charge in [0.1, 0.15) is 0 Å². The first-order valence-corrected chi connectivity index (χ1v) is 8.52. The first-order valence-electron chi connectivity index (χ1n) is 8.52. The highest BCUT2D eigenvalue weighted by atomic mass is 16.5. The molecule has 1 N–H and O–H groups in total. The summed E-state index contributed by atoms with van der Waals surface area (Å²) >= 11 is 0. The Morgan fingerprint density at radius 3 is 2.32 bits per heavy atom. The van der Waals surface area contributed by atoms with E-state index in [9.17, 15) is 4.79 Å². The molecule has 134 valence electrons. The summed E-state index contributed by atoms with van der Waals surface area (Å²) in [7, 11) is 3.19. The van der Waals surface area contributed by atoms with E-state index in [0.717, 1.165) is 11.1 Å². The molecule has 0 saturated carbocycles. The van der Waals surface area contributed by atoms with Crippen LogP contribution in [-0.4, -0.2) is 20.1 Å². The summed E-state index contributed by atoms with van der Waals surface area (Å²) in [6.07, 6.45) is 0.301. The molecule has 0 saturated heterocycles. The van der Waals surface area contributed by atoms with E-state index < -0.39 is 0 Å². The Hall–Kier alpha value is -2.49. The molecule has 4 nitrogen and oxygen atoms in total. The minimum Gasteiger partial charge on any atom is -0.493 e. The lowest BCUT2D eigenvalue weighted by Gasteiger charge is -2.24. The highest BCUT2D eigenvalue weighted by Crippen LogP contribution is 2.28. The first kappa shape index (κ1) is 18.8. The standard InChI is InChI=1S/C21H27NO3/c1-14(2)21(17-9-7-6-8-15(17)3)22-20(23)13-16-10-11-18(24-4)19(12-16)25-5/h6-12,14,21H,13H2,1-5H3,(H,22,23). The predicted octanol–water partition coefficient (Wildman–Crippen LogP) is 4.07. The second-order valence-corrected chi connectivity index (χ2v) is 6.51. The number of nitrogens with one attached hydrogen (secondary N) is 1. The number of hydrogen-bond acceptors (Lipinski definition) is 3. The van der Waals surface area contributed by atoms with Gasteiger partial charge in [-0.2, -0.15) is 0 Å². The molecular weight excluding hydrogens is 314 g/mol. The van der Waals surface area contributed by atoms with Gasteiger partial charge < -0.3 is 14.8 Å². The fraction of sp³-hybridized carbons (Fsp3) is 0.381. The average molecular weight is 341 g/mol. The van der Waals surface area contributed by atoms with Gasteiger partial charge in [-0.25, -0.2) is 0 Å². The lowest BCUT2D eigenvalue weighted by atomic mass is 9.92. The Labute approximate surface area is 150 Å². The molecule has 2 rings (SSSR count). The summed E-state index contributed by atoms with van der Waals surface area (Å²) in [6.45, 7) is 6.31. The van der Waals surface area contributed by atoms with Gasteiger partial charge in [0.25, 0.3) is 0 Å². The molecule has 2 aromatic rings. The zero-order valence-corrected chi connectivity index (χ0v) is 15.6. The van der Waals surface area contributed by atoms with Crippen LogP contribution in [-0.2, 0) is 11.2 Å². The summed E-state index contributed by atoms with van der Waals surface area (Å²) < 4.78 is 10.5. The van der Waals surface area contributed by atoms with Crippen LogP contribution < -0.4 is 14.8 Å². The SMILES string of the molecule is COc1ccc(CC(=O)NC(c2ccccc2C)C(C)C)cc1OC. The van der Waals surface area contributed by atoms with Gasteiger partial charge in [0.2, 0.25) is 5.91 Å². The Balaban J connectivity index is 2.13. The van der Waals surface area contributed by atoms with Crippen LogP contribution >= 0.6 is 0 Å². The molecule has 4 heteroatoms. The number of rotatable bonds is 7. The van der Waals surface area contributed by atoms with Crippen molar-refractivity contribution < 1.29 is 14.3 Å². The molecule has 2 aromatic carbocycles. The van der Waals surface area contributed by atoms with Crippen LogP contribution in [0, 0.1) is 12.8 Å². The maximum Gasteiger partial charge on any atom is 0.224 e. The van der Waals surface area contributed by atoms with E-state index in [1.165, 1.54) is 5.56 Å². The fourth-order valence-corrected chi connectivity index (χ4v) is 2.94. The molecular formula is C21H27NO3. The van der Waals surface area contributed by atoms with Gasteiger partial charge in [-0.15, -0.1) is 0 Å². The molecule has 1 amide bonds. The van der Waals surface area contributed by atoms with E-state index in [1.807, 2.05) is 30.3 Å². The van der Waals surface area contributed by atoms with Crippen molar-refractivity contribution in [3.63, 3.8) is 0 Å². The van der Waals surface area contributed by atoms with Crippen molar-refractivity contribution in [2.45, 2.75) is 33.2 Å². The average Bonchev–Trinajstić information content (AvgIpc) is 2.60. The molecule has 0 fully saturated rings. The van der Waals surface area contributed by atoms with Crippen LogP contribution in [0.3, 0.4) is 0 Å². The van der Waals surface area contributed by atoms with Crippen LogP contribution in [0.15, 0.2) is 42.5 Å². The topological polar surface area (TPSA) is 47.6 Å². The van der Waals surface area contributed by atoms with Crippen LogP contribution in [0.1, 0.15) is 36.6 Å². The molecule has 25 heavy (non-hydrogen) atoms. The second kappa shape index (κ2) is 8.56. The smallest absolute Gasteiger partial charge is 0.224 e. The van der Waals surface area contributed by atoms with Gasteiger partial charge in [-0.3, -0.25) is 4.79 Å². The monoisotopic (exact) mass is 341 g/mol. The summed E-state index contributed by atoms with van der Waals surface area (Å²) in [6, 6.07) is 13.7. The van der Waals surface area contributed by atoms with Crippen molar-refractivity contribution in [1.29, 1.82) is 0 Å². The molecule has 0 aromatic heterocycles. The van der Waals surface area contributed by atoms with E-state index in [4.69, 9.17) is 9.47 Å². The van der Waals surface area contributed by atoms with Crippen molar-refractivity contribution in [2.24, 2.45) is 5.92 Å². The minimum atomic E-state index is -0.00570. The summed E-state index contributed by atoms with van der Waals surface area (Å²) in [5.74, 6) is 1.59. The third-order valence-corrected chi connectivity index (χ3v) is 4.32. The largest absolute Gasteiger partial charge is 0.493 e. The Morgan fingerprint density at radius 2 is 1.72 bits per heavy atom. The van der Waals surface area contributed by atoms with Crippen molar-refractivity contribution >= 4 is 5.91 Å². The molecule has 0 aliphatic heterocycles. The van der Waals surface area contributed by atoms with Crippen LogP contribution in [0.2, 0.25) is 0 Å². The van der Waals surface area contributed by atoms with Gasteiger partial charge in [-0.05, 0) is 41.7 Å². The molecule has 0 aliphatic carbocycles. The van der Waals surface area contributed by atoms with Crippen LogP contribution in [0.4, 0.5) is 0 Å². The number of aryl methyl sites for hydroxylation is 1. The van der Waals surface area contributed by atoms with Crippen molar-refractivity contribution in [3.8, 4) is 11.5 Å². The minimum absolute atomic E-state index is 0.00540. The van der Waals surface area contributed by atoms with Gasteiger partial charge >= 0.3 is 0 Å². The van der Waals surface area contributed by atoms with Crippen LogP contribution in [0.25, 0.3) is 0 Å². The molecule has 0 heterocycles. The molecule has 1 atom stereocenters. The maximum absolute atomic E-state index is 12.6. The summed E-state index contributed by atoms with van der Waals surface area (Å²) in [4.78, 5) is 12.6. The van der Waals surface area contributed by atoms with E-state index in [-0.39, 0.29) is 11.9 Å². The highest BCUT2D eigenvalue weighted by Gasteiger charge is 2.20. The quantitative estimate of drug-likeness (QED) is 0.826. The number of benzene rings is 2. The molecule has 1 unspecified atom stereocenters. The van der Waals surface area contributed by atoms with Gasteiger partial charge in [0, 0.05) is 0 Å². The third-order valence-electron chi connectivity index (χ3n) is 4.32. The Kier molecular flexibility index (Phi) is 6.45. The number of amides is 1. The molecule has 0 aliphatic rings. The van der Waals surface area contributed by atoms with Gasteiger partial charge in [0.05, 0.1) is 26.7 Å². The van der Waals surface area contributed by atoms with Crippen molar-refractivity contribution in [1.82, 2.24) is 5.32 Å².